The van der Waals surface area contributed by atoms with Crippen molar-refractivity contribution in [2.75, 3.05) is 0 Å². The van der Waals surface area contributed by atoms with Crippen LogP contribution in [0.4, 0.5) is 0 Å². The summed E-state index contributed by atoms with van der Waals surface area (Å²) < 4.78 is 0. The molecule has 3 nitrogen and oxygen atoms in total. The van der Waals surface area contributed by atoms with Crippen LogP contribution in [0.2, 0.25) is 0 Å². The highest BCUT2D eigenvalue weighted by Crippen LogP contribution is 2.07. The molecule has 0 unspecified atom stereocenters. The van der Waals surface area contributed by atoms with Crippen molar-refractivity contribution in [1.29, 1.82) is 0 Å². The number of pyridine rings is 1. The number of aryl methyl sites for hydroxylation is 1. The Bertz CT molecular complexity index is 379. The SMILES string of the molecule is CCC.CCc1ccc2[nH]ncc2n1. The maximum atomic E-state index is 4.36. The van der Waals surface area contributed by atoms with Crippen LogP contribution in [-0.4, -0.2) is 15.2 Å². The third kappa shape index (κ3) is 2.55. The average molecular weight is 191 g/mol. The van der Waals surface area contributed by atoms with E-state index in [1.165, 1.54) is 6.42 Å². The molecule has 1 N–H and O–H groups in total. The summed E-state index contributed by atoms with van der Waals surface area (Å²) >= 11 is 0. The quantitative estimate of drug-likeness (QED) is 0.753. The minimum Gasteiger partial charge on any atom is -0.276 e. The second-order valence-corrected chi connectivity index (χ2v) is 3.17. The van der Waals surface area contributed by atoms with Gasteiger partial charge in [-0.3, -0.25) is 5.10 Å². The first-order valence-electron chi connectivity index (χ1n) is 5.10. The summed E-state index contributed by atoms with van der Waals surface area (Å²) in [7, 11) is 0. The number of nitrogens with zero attached hydrogens (tertiary/aromatic N) is 2. The molecular weight excluding hydrogens is 174 g/mol. The number of aromatic amines is 1. The first-order valence-corrected chi connectivity index (χ1v) is 5.10. The number of fused-ring (bicyclic) bond motifs is 1. The zero-order valence-corrected chi connectivity index (χ0v) is 9.04. The monoisotopic (exact) mass is 191 g/mol. The van der Waals surface area contributed by atoms with Crippen molar-refractivity contribution in [2.24, 2.45) is 0 Å². The van der Waals surface area contributed by atoms with Crippen molar-refractivity contribution in [1.82, 2.24) is 15.2 Å². The highest BCUT2D eigenvalue weighted by atomic mass is 15.1. The third-order valence-electron chi connectivity index (χ3n) is 1.72. The number of rotatable bonds is 1. The molecular formula is C11H17N3. The van der Waals surface area contributed by atoms with Gasteiger partial charge in [0.2, 0.25) is 0 Å². The Hall–Kier alpha value is -1.38. The molecule has 2 aromatic heterocycles. The lowest BCUT2D eigenvalue weighted by atomic mass is 10.3. The summed E-state index contributed by atoms with van der Waals surface area (Å²) in [6, 6.07) is 4.02. The van der Waals surface area contributed by atoms with Gasteiger partial charge in [-0.05, 0) is 18.6 Å². The molecule has 0 spiro atoms. The van der Waals surface area contributed by atoms with Gasteiger partial charge in [0.25, 0.3) is 0 Å². The van der Waals surface area contributed by atoms with Crippen LogP contribution in [0.3, 0.4) is 0 Å². The van der Waals surface area contributed by atoms with Crippen LogP contribution in [0.5, 0.6) is 0 Å². The van der Waals surface area contributed by atoms with Gasteiger partial charge < -0.3 is 0 Å². The fourth-order valence-electron chi connectivity index (χ4n) is 1.07. The summed E-state index contributed by atoms with van der Waals surface area (Å²) in [4.78, 5) is 4.36. The van der Waals surface area contributed by atoms with Gasteiger partial charge in [-0.15, -0.1) is 0 Å². The van der Waals surface area contributed by atoms with Gasteiger partial charge >= 0.3 is 0 Å². The van der Waals surface area contributed by atoms with Crippen LogP contribution < -0.4 is 0 Å². The molecule has 0 amide bonds. The first-order chi connectivity index (χ1) is 6.81. The maximum absolute atomic E-state index is 4.36. The lowest BCUT2D eigenvalue weighted by molar-refractivity contribution is 1.06. The topological polar surface area (TPSA) is 41.6 Å². The molecule has 2 aromatic rings. The molecule has 0 aliphatic heterocycles. The lowest BCUT2D eigenvalue weighted by Crippen LogP contribution is -1.84. The summed E-state index contributed by atoms with van der Waals surface area (Å²) in [5.41, 5.74) is 3.06. The zero-order valence-electron chi connectivity index (χ0n) is 9.04. The Morgan fingerprint density at radius 3 is 2.57 bits per heavy atom. The van der Waals surface area contributed by atoms with Gasteiger partial charge in [0, 0.05) is 5.69 Å². The van der Waals surface area contributed by atoms with Crippen molar-refractivity contribution in [3.05, 3.63) is 24.0 Å². The smallest absolute Gasteiger partial charge is 0.108 e. The molecule has 0 saturated heterocycles. The van der Waals surface area contributed by atoms with Gasteiger partial charge in [0.15, 0.2) is 0 Å². The second-order valence-electron chi connectivity index (χ2n) is 3.17. The Morgan fingerprint density at radius 2 is 1.93 bits per heavy atom. The summed E-state index contributed by atoms with van der Waals surface area (Å²) in [6.45, 7) is 6.34. The fraction of sp³-hybridized carbons (Fsp3) is 0.455. The molecule has 0 aliphatic carbocycles. The summed E-state index contributed by atoms with van der Waals surface area (Å²) in [5, 5.41) is 6.75. The Labute approximate surface area is 84.6 Å². The van der Waals surface area contributed by atoms with Crippen LogP contribution in [0.1, 0.15) is 32.9 Å². The summed E-state index contributed by atoms with van der Waals surface area (Å²) in [5.74, 6) is 0. The largest absolute Gasteiger partial charge is 0.276 e. The third-order valence-corrected chi connectivity index (χ3v) is 1.72. The van der Waals surface area contributed by atoms with Gasteiger partial charge in [-0.25, -0.2) is 4.98 Å². The van der Waals surface area contributed by atoms with Gasteiger partial charge in [-0.1, -0.05) is 27.2 Å². The summed E-state index contributed by atoms with van der Waals surface area (Å²) in [6.07, 6.45) is 3.97. The van der Waals surface area contributed by atoms with Crippen molar-refractivity contribution in [2.45, 2.75) is 33.6 Å². The molecule has 0 radical (unpaired) electrons. The molecule has 2 rings (SSSR count). The van der Waals surface area contributed by atoms with E-state index in [0.29, 0.717) is 0 Å². The van der Waals surface area contributed by atoms with Crippen LogP contribution in [0.25, 0.3) is 11.0 Å². The predicted molar refractivity (Wildman–Crippen MR) is 59.2 cm³/mol. The number of aromatic nitrogens is 3. The molecule has 0 bridgehead atoms. The van der Waals surface area contributed by atoms with Crippen molar-refractivity contribution in [3.8, 4) is 0 Å². The molecule has 0 aliphatic rings. The average Bonchev–Trinajstić information content (AvgIpc) is 2.65. The van der Waals surface area contributed by atoms with Crippen LogP contribution in [-0.2, 0) is 6.42 Å². The van der Waals surface area contributed by atoms with Crippen molar-refractivity contribution >= 4 is 11.0 Å². The van der Waals surface area contributed by atoms with Crippen molar-refractivity contribution in [3.63, 3.8) is 0 Å². The Kier molecular flexibility index (Phi) is 4.11. The molecule has 2 heterocycles. The second kappa shape index (κ2) is 5.37. The molecule has 3 heteroatoms. The molecule has 0 aromatic carbocycles. The Morgan fingerprint density at radius 1 is 1.21 bits per heavy atom. The Balaban J connectivity index is 0.000000293. The van der Waals surface area contributed by atoms with E-state index in [2.05, 4.69) is 36.0 Å². The van der Waals surface area contributed by atoms with Gasteiger partial charge in [0.05, 0.1) is 11.7 Å². The number of nitrogens with one attached hydrogen (secondary N) is 1. The molecule has 0 atom stereocenters. The van der Waals surface area contributed by atoms with Crippen molar-refractivity contribution < 1.29 is 0 Å². The van der Waals surface area contributed by atoms with Gasteiger partial charge in [0.1, 0.15) is 5.52 Å². The van der Waals surface area contributed by atoms with Crippen LogP contribution >= 0.6 is 0 Å². The lowest BCUT2D eigenvalue weighted by Gasteiger charge is -1.93. The van der Waals surface area contributed by atoms with Crippen LogP contribution in [0, 0.1) is 0 Å². The molecule has 0 saturated carbocycles. The van der Waals surface area contributed by atoms with E-state index in [1.54, 1.807) is 6.20 Å². The standard InChI is InChI=1S/C8H9N3.C3H8/c1-2-6-3-4-7-8(10-6)5-9-11-7;1-3-2/h3-5H,2H2,1H3,(H,9,11);3H2,1-2H3. The molecule has 76 valence electrons. The highest BCUT2D eigenvalue weighted by molar-refractivity contribution is 5.72. The predicted octanol–water partition coefficient (Wildman–Crippen LogP) is 2.94. The maximum Gasteiger partial charge on any atom is 0.108 e. The minimum atomic E-state index is 0.948. The van der Waals surface area contributed by atoms with E-state index in [9.17, 15) is 0 Å². The number of H-pyrrole nitrogens is 1. The molecule has 0 fully saturated rings. The van der Waals surface area contributed by atoms with E-state index in [1.807, 2.05) is 12.1 Å². The highest BCUT2D eigenvalue weighted by Gasteiger charge is 1.96. The zero-order chi connectivity index (χ0) is 10.4. The van der Waals surface area contributed by atoms with E-state index in [4.69, 9.17) is 0 Å². The van der Waals surface area contributed by atoms with Gasteiger partial charge in [-0.2, -0.15) is 5.10 Å². The normalized spacial score (nSPS) is 9.64. The fourth-order valence-corrected chi connectivity index (χ4v) is 1.07. The van der Waals surface area contributed by atoms with E-state index < -0.39 is 0 Å². The number of hydrogen-bond donors (Lipinski definition) is 1. The first kappa shape index (κ1) is 10.7. The van der Waals surface area contributed by atoms with E-state index in [-0.39, 0.29) is 0 Å². The van der Waals surface area contributed by atoms with E-state index in [0.717, 1.165) is 23.1 Å². The molecule has 14 heavy (non-hydrogen) atoms. The van der Waals surface area contributed by atoms with Crippen LogP contribution in [0.15, 0.2) is 18.3 Å². The minimum absolute atomic E-state index is 0.948. The number of hydrogen-bond acceptors (Lipinski definition) is 2. The van der Waals surface area contributed by atoms with E-state index >= 15 is 0 Å².